The van der Waals surface area contributed by atoms with Crippen molar-refractivity contribution in [3.8, 4) is 0 Å². The van der Waals surface area contributed by atoms with Crippen LogP contribution >= 0.6 is 0 Å². The average Bonchev–Trinajstić information content (AvgIpc) is 2.51. The molecule has 1 aliphatic rings. The number of nitrogens with zero attached hydrogens (tertiary/aromatic N) is 1. The summed E-state index contributed by atoms with van der Waals surface area (Å²) in [5, 5.41) is 0. The summed E-state index contributed by atoms with van der Waals surface area (Å²) in [4.78, 5) is 24.0. The van der Waals surface area contributed by atoms with Crippen molar-refractivity contribution in [1.29, 1.82) is 0 Å². The fourth-order valence-corrected chi connectivity index (χ4v) is 3.80. The summed E-state index contributed by atoms with van der Waals surface area (Å²) in [5.74, 6) is -0.704. The third kappa shape index (κ3) is 1.82. The highest BCUT2D eigenvalue weighted by molar-refractivity contribution is 6.87. The van der Waals surface area contributed by atoms with E-state index in [4.69, 9.17) is 0 Å². The second-order valence-corrected chi connectivity index (χ2v) is 10.1. The number of Topliss-reactive ketones (excluding diaryl/α,β-unsaturated/α-hetero) is 1. The number of carbonyl (C=O) groups excluding carboxylic acids is 2. The first-order chi connectivity index (χ1) is 7.86. The van der Waals surface area contributed by atoms with Gasteiger partial charge in [-0.3, -0.25) is 9.59 Å². The molecule has 0 atom stereocenters. The number of anilines is 1. The Kier molecular flexibility index (Phi) is 2.70. The van der Waals surface area contributed by atoms with E-state index in [1.807, 2.05) is 25.1 Å². The van der Waals surface area contributed by atoms with Crippen LogP contribution in [0.3, 0.4) is 0 Å². The maximum Gasteiger partial charge on any atom is 0.291 e. The van der Waals surface area contributed by atoms with Gasteiger partial charge in [0.05, 0.1) is 5.56 Å². The lowest BCUT2D eigenvalue weighted by molar-refractivity contribution is -0.113. The molecule has 0 N–H and O–H groups in total. The topological polar surface area (TPSA) is 37.4 Å². The van der Waals surface area contributed by atoms with Crippen LogP contribution in [-0.4, -0.2) is 19.9 Å². The molecular formula is C13H17NO2Si. The van der Waals surface area contributed by atoms with Gasteiger partial charge in [0.1, 0.15) is 0 Å². The lowest BCUT2D eigenvalue weighted by atomic mass is 10.1. The second-order valence-electron chi connectivity index (χ2n) is 5.35. The summed E-state index contributed by atoms with van der Waals surface area (Å²) >= 11 is 0. The van der Waals surface area contributed by atoms with Crippen LogP contribution in [0, 0.1) is 0 Å². The Morgan fingerprint density at radius 1 is 1.18 bits per heavy atom. The van der Waals surface area contributed by atoms with Crippen LogP contribution in [-0.2, 0) is 11.2 Å². The molecule has 0 fully saturated rings. The smallest absolute Gasteiger partial charge is 0.291 e. The first-order valence-corrected chi connectivity index (χ1v) is 9.32. The predicted molar refractivity (Wildman–Crippen MR) is 71.0 cm³/mol. The van der Waals surface area contributed by atoms with Gasteiger partial charge in [0.15, 0.2) is 8.24 Å². The monoisotopic (exact) mass is 247 g/mol. The zero-order valence-electron chi connectivity index (χ0n) is 10.7. The minimum atomic E-state index is -1.84. The number of benzene rings is 1. The number of amides is 1. The molecule has 4 heteroatoms. The average molecular weight is 247 g/mol. The van der Waals surface area contributed by atoms with Gasteiger partial charge < -0.3 is 4.57 Å². The largest absolute Gasteiger partial charge is 0.333 e. The second kappa shape index (κ2) is 3.80. The van der Waals surface area contributed by atoms with Crippen LogP contribution in [0.25, 0.3) is 0 Å². The van der Waals surface area contributed by atoms with Gasteiger partial charge in [-0.1, -0.05) is 32.6 Å². The summed E-state index contributed by atoms with van der Waals surface area (Å²) in [6, 6.07) is 5.77. The standard InChI is InChI=1S/C13H17NO2Si/c1-5-9-6-7-11-10(8-9)12(15)13(16)14(11)17(2,3)4/h6-8H,5H2,1-4H3. The molecule has 0 radical (unpaired) electrons. The van der Waals surface area contributed by atoms with Crippen LogP contribution in [0.1, 0.15) is 22.8 Å². The van der Waals surface area contributed by atoms with E-state index in [9.17, 15) is 9.59 Å². The van der Waals surface area contributed by atoms with Crippen molar-refractivity contribution in [2.45, 2.75) is 33.0 Å². The van der Waals surface area contributed by atoms with Crippen molar-refractivity contribution in [2.75, 3.05) is 4.57 Å². The Labute approximate surface area is 103 Å². The van der Waals surface area contributed by atoms with Gasteiger partial charge in [0.2, 0.25) is 0 Å². The van der Waals surface area contributed by atoms with Crippen LogP contribution in [0.5, 0.6) is 0 Å². The zero-order valence-corrected chi connectivity index (χ0v) is 11.7. The molecule has 17 heavy (non-hydrogen) atoms. The Morgan fingerprint density at radius 2 is 1.82 bits per heavy atom. The molecule has 1 amide bonds. The molecule has 1 aliphatic heterocycles. The molecule has 90 valence electrons. The molecule has 0 bridgehead atoms. The summed E-state index contributed by atoms with van der Waals surface area (Å²) in [6.07, 6.45) is 0.877. The molecule has 1 aromatic rings. The van der Waals surface area contributed by atoms with Crippen LogP contribution in [0.2, 0.25) is 19.6 Å². The number of rotatable bonds is 2. The van der Waals surface area contributed by atoms with Crippen molar-refractivity contribution in [3.05, 3.63) is 29.3 Å². The molecule has 0 saturated carbocycles. The highest BCUT2D eigenvalue weighted by Crippen LogP contribution is 2.33. The van der Waals surface area contributed by atoms with Gasteiger partial charge in [-0.15, -0.1) is 0 Å². The van der Waals surface area contributed by atoms with E-state index in [0.717, 1.165) is 17.7 Å². The van der Waals surface area contributed by atoms with E-state index < -0.39 is 8.24 Å². The van der Waals surface area contributed by atoms with E-state index in [2.05, 4.69) is 19.6 Å². The van der Waals surface area contributed by atoms with Gasteiger partial charge >= 0.3 is 0 Å². The van der Waals surface area contributed by atoms with Gasteiger partial charge in [-0.2, -0.15) is 0 Å². The molecule has 0 spiro atoms. The first kappa shape index (κ1) is 12.0. The summed E-state index contributed by atoms with van der Waals surface area (Å²) in [5.41, 5.74) is 2.48. The third-order valence-electron chi connectivity index (χ3n) is 3.02. The Hall–Kier alpha value is -1.42. The summed E-state index contributed by atoms with van der Waals surface area (Å²) < 4.78 is 1.73. The number of hydrogen-bond acceptors (Lipinski definition) is 2. The fourth-order valence-electron chi connectivity index (χ4n) is 2.17. The summed E-state index contributed by atoms with van der Waals surface area (Å²) in [6.45, 7) is 8.25. The van der Waals surface area contributed by atoms with Crippen molar-refractivity contribution in [3.63, 3.8) is 0 Å². The third-order valence-corrected chi connectivity index (χ3v) is 4.81. The Morgan fingerprint density at radius 3 is 2.35 bits per heavy atom. The minimum absolute atomic E-state index is 0.349. The molecule has 2 rings (SSSR count). The SMILES string of the molecule is CCc1ccc2c(c1)C(=O)C(=O)N2[Si](C)(C)C. The number of aryl methyl sites for hydroxylation is 1. The Bertz CT molecular complexity index is 503. The number of carbonyl (C=O) groups is 2. The van der Waals surface area contributed by atoms with Crippen molar-refractivity contribution in [1.82, 2.24) is 0 Å². The maximum absolute atomic E-state index is 12.0. The summed E-state index contributed by atoms with van der Waals surface area (Å²) in [7, 11) is -1.84. The van der Waals surface area contributed by atoms with E-state index in [1.165, 1.54) is 0 Å². The fraction of sp³-hybridized carbons (Fsp3) is 0.385. The van der Waals surface area contributed by atoms with E-state index in [0.29, 0.717) is 5.56 Å². The van der Waals surface area contributed by atoms with Gasteiger partial charge in [-0.25, -0.2) is 0 Å². The molecule has 0 unspecified atom stereocenters. The van der Waals surface area contributed by atoms with Crippen molar-refractivity contribution < 1.29 is 9.59 Å². The lowest BCUT2D eigenvalue weighted by Gasteiger charge is -2.29. The van der Waals surface area contributed by atoms with Crippen LogP contribution in [0.4, 0.5) is 5.69 Å². The van der Waals surface area contributed by atoms with E-state index in [-0.39, 0.29) is 11.7 Å². The molecule has 0 aromatic heterocycles. The maximum atomic E-state index is 12.0. The normalized spacial score (nSPS) is 15.4. The highest BCUT2D eigenvalue weighted by atomic mass is 28.3. The minimum Gasteiger partial charge on any atom is -0.333 e. The number of ketones is 1. The predicted octanol–water partition coefficient (Wildman–Crippen LogP) is 2.61. The molecule has 0 saturated heterocycles. The van der Waals surface area contributed by atoms with Crippen molar-refractivity contribution >= 4 is 25.6 Å². The number of hydrogen-bond donors (Lipinski definition) is 0. The van der Waals surface area contributed by atoms with Crippen LogP contribution in [0.15, 0.2) is 18.2 Å². The van der Waals surface area contributed by atoms with Gasteiger partial charge in [-0.05, 0) is 24.1 Å². The lowest BCUT2D eigenvalue weighted by Crippen LogP contribution is -2.49. The quantitative estimate of drug-likeness (QED) is 0.595. The molecule has 0 aliphatic carbocycles. The van der Waals surface area contributed by atoms with Crippen molar-refractivity contribution in [2.24, 2.45) is 0 Å². The molecular weight excluding hydrogens is 230 g/mol. The molecule has 3 nitrogen and oxygen atoms in total. The van der Waals surface area contributed by atoms with Crippen LogP contribution < -0.4 is 4.57 Å². The van der Waals surface area contributed by atoms with E-state index >= 15 is 0 Å². The number of fused-ring (bicyclic) bond motifs is 1. The first-order valence-electron chi connectivity index (χ1n) is 5.88. The van der Waals surface area contributed by atoms with Gasteiger partial charge in [0.25, 0.3) is 11.7 Å². The molecule has 1 aromatic carbocycles. The van der Waals surface area contributed by atoms with E-state index in [1.54, 1.807) is 4.57 Å². The zero-order chi connectivity index (χ0) is 12.8. The van der Waals surface area contributed by atoms with Gasteiger partial charge in [0, 0.05) is 5.69 Å². The molecule has 1 heterocycles. The Balaban J connectivity index is 2.59. The highest BCUT2D eigenvalue weighted by Gasteiger charge is 2.42.